The molecule has 106 valence electrons. The van der Waals surface area contributed by atoms with E-state index in [0.717, 1.165) is 22.5 Å². The fourth-order valence-electron chi connectivity index (χ4n) is 2.16. The molecule has 2 aromatic heterocycles. The summed E-state index contributed by atoms with van der Waals surface area (Å²) in [6, 6.07) is 10.1. The highest BCUT2D eigenvalue weighted by molar-refractivity contribution is 5.83. The molecule has 0 unspecified atom stereocenters. The largest absolute Gasteiger partial charge is 0.479 e. The van der Waals surface area contributed by atoms with Crippen LogP contribution in [0.5, 0.6) is 5.88 Å². The topological polar surface area (TPSA) is 51.1 Å². The standard InChI is InChI=1S/C16H16N4O/c1-20(2)12-6-4-11(5-7-12)13-10-14-15(16(19-13)21-3)18-9-8-17-14/h4-10H,1-3H3. The van der Waals surface area contributed by atoms with Gasteiger partial charge in [0, 0.05) is 37.7 Å². The third-order valence-corrected chi connectivity index (χ3v) is 3.30. The number of anilines is 1. The third-order valence-electron chi connectivity index (χ3n) is 3.30. The van der Waals surface area contributed by atoms with Crippen LogP contribution < -0.4 is 9.64 Å². The van der Waals surface area contributed by atoms with E-state index in [2.05, 4.69) is 32.0 Å². The second-order valence-corrected chi connectivity index (χ2v) is 4.88. The molecule has 0 atom stereocenters. The fourth-order valence-corrected chi connectivity index (χ4v) is 2.16. The maximum atomic E-state index is 5.33. The van der Waals surface area contributed by atoms with E-state index in [9.17, 15) is 0 Å². The van der Waals surface area contributed by atoms with Crippen LogP contribution in [0.15, 0.2) is 42.7 Å². The van der Waals surface area contributed by atoms with Crippen molar-refractivity contribution in [2.24, 2.45) is 0 Å². The van der Waals surface area contributed by atoms with Gasteiger partial charge in [-0.15, -0.1) is 0 Å². The molecule has 0 radical (unpaired) electrons. The maximum Gasteiger partial charge on any atom is 0.242 e. The van der Waals surface area contributed by atoms with E-state index in [0.29, 0.717) is 11.4 Å². The van der Waals surface area contributed by atoms with Crippen LogP contribution >= 0.6 is 0 Å². The number of rotatable bonds is 3. The van der Waals surface area contributed by atoms with E-state index in [1.807, 2.05) is 32.3 Å². The first-order valence-electron chi connectivity index (χ1n) is 6.62. The number of methoxy groups -OCH3 is 1. The van der Waals surface area contributed by atoms with Crippen LogP contribution in [0.4, 0.5) is 5.69 Å². The van der Waals surface area contributed by atoms with Gasteiger partial charge in [-0.05, 0) is 18.2 Å². The lowest BCUT2D eigenvalue weighted by Gasteiger charge is -2.13. The summed E-state index contributed by atoms with van der Waals surface area (Å²) in [5.41, 5.74) is 4.44. The monoisotopic (exact) mass is 280 g/mol. The van der Waals surface area contributed by atoms with E-state index in [1.165, 1.54) is 0 Å². The van der Waals surface area contributed by atoms with Crippen molar-refractivity contribution in [3.05, 3.63) is 42.7 Å². The zero-order valence-electron chi connectivity index (χ0n) is 12.2. The molecule has 0 saturated heterocycles. The smallest absolute Gasteiger partial charge is 0.242 e. The Morgan fingerprint density at radius 1 is 1.00 bits per heavy atom. The Bertz CT molecular complexity index is 769. The molecule has 0 bridgehead atoms. The Kier molecular flexibility index (Phi) is 3.39. The summed E-state index contributed by atoms with van der Waals surface area (Å²) in [7, 11) is 5.62. The average Bonchev–Trinajstić information content (AvgIpc) is 2.53. The van der Waals surface area contributed by atoms with Crippen molar-refractivity contribution in [3.63, 3.8) is 0 Å². The van der Waals surface area contributed by atoms with Crippen molar-refractivity contribution < 1.29 is 4.74 Å². The summed E-state index contributed by atoms with van der Waals surface area (Å²) in [5, 5.41) is 0. The zero-order chi connectivity index (χ0) is 14.8. The van der Waals surface area contributed by atoms with Gasteiger partial charge in [-0.1, -0.05) is 12.1 Å². The van der Waals surface area contributed by atoms with Gasteiger partial charge in [0.05, 0.1) is 18.3 Å². The highest BCUT2D eigenvalue weighted by atomic mass is 16.5. The van der Waals surface area contributed by atoms with Crippen LogP contribution in [0.3, 0.4) is 0 Å². The number of fused-ring (bicyclic) bond motifs is 1. The first-order chi connectivity index (χ1) is 10.2. The van der Waals surface area contributed by atoms with Gasteiger partial charge < -0.3 is 9.64 Å². The zero-order valence-corrected chi connectivity index (χ0v) is 12.2. The Balaban J connectivity index is 2.11. The molecule has 5 heteroatoms. The first-order valence-corrected chi connectivity index (χ1v) is 6.62. The molecular weight excluding hydrogens is 264 g/mol. The van der Waals surface area contributed by atoms with Gasteiger partial charge in [0.1, 0.15) is 0 Å². The molecule has 21 heavy (non-hydrogen) atoms. The van der Waals surface area contributed by atoms with Crippen molar-refractivity contribution in [2.45, 2.75) is 0 Å². The number of nitrogens with zero attached hydrogens (tertiary/aromatic N) is 4. The number of aromatic nitrogens is 3. The Morgan fingerprint density at radius 3 is 2.38 bits per heavy atom. The molecule has 3 rings (SSSR count). The highest BCUT2D eigenvalue weighted by Gasteiger charge is 2.10. The summed E-state index contributed by atoms with van der Waals surface area (Å²) < 4.78 is 5.33. The Morgan fingerprint density at radius 2 is 1.71 bits per heavy atom. The summed E-state index contributed by atoms with van der Waals surface area (Å²) in [6.45, 7) is 0. The average molecular weight is 280 g/mol. The van der Waals surface area contributed by atoms with Crippen LogP contribution in [0.25, 0.3) is 22.3 Å². The maximum absolute atomic E-state index is 5.33. The Hall–Kier alpha value is -2.69. The van der Waals surface area contributed by atoms with Gasteiger partial charge in [0.25, 0.3) is 0 Å². The van der Waals surface area contributed by atoms with E-state index >= 15 is 0 Å². The van der Waals surface area contributed by atoms with Crippen LogP contribution in [0, 0.1) is 0 Å². The fraction of sp³-hybridized carbons (Fsp3) is 0.188. The second kappa shape index (κ2) is 5.36. The van der Waals surface area contributed by atoms with Gasteiger partial charge in [0.2, 0.25) is 5.88 Å². The predicted octanol–water partition coefficient (Wildman–Crippen LogP) is 2.77. The van der Waals surface area contributed by atoms with Gasteiger partial charge in [-0.3, -0.25) is 4.98 Å². The molecule has 0 aliphatic heterocycles. The molecule has 0 aliphatic rings. The summed E-state index contributed by atoms with van der Waals surface area (Å²) >= 11 is 0. The highest BCUT2D eigenvalue weighted by Crippen LogP contribution is 2.27. The number of benzene rings is 1. The molecule has 0 N–H and O–H groups in total. The molecule has 0 aliphatic carbocycles. The number of pyridine rings is 1. The van der Waals surface area contributed by atoms with Crippen molar-refractivity contribution in [1.82, 2.24) is 15.0 Å². The molecule has 3 aromatic rings. The van der Waals surface area contributed by atoms with Crippen molar-refractivity contribution in [3.8, 4) is 17.1 Å². The lowest BCUT2D eigenvalue weighted by molar-refractivity contribution is 0.403. The van der Waals surface area contributed by atoms with Crippen LogP contribution in [0.2, 0.25) is 0 Å². The molecule has 0 fully saturated rings. The third kappa shape index (κ3) is 2.50. The Labute approximate surface area is 123 Å². The van der Waals surface area contributed by atoms with E-state index in [-0.39, 0.29) is 0 Å². The number of hydrogen-bond donors (Lipinski definition) is 0. The lowest BCUT2D eigenvalue weighted by Crippen LogP contribution is -2.07. The minimum absolute atomic E-state index is 0.493. The van der Waals surface area contributed by atoms with Gasteiger partial charge in [-0.2, -0.15) is 0 Å². The SMILES string of the molecule is COc1nc(-c2ccc(N(C)C)cc2)cc2nccnc12. The summed E-state index contributed by atoms with van der Waals surface area (Å²) in [6.07, 6.45) is 3.30. The second-order valence-electron chi connectivity index (χ2n) is 4.88. The summed E-state index contributed by atoms with van der Waals surface area (Å²) in [4.78, 5) is 15.2. The molecule has 2 heterocycles. The number of hydrogen-bond acceptors (Lipinski definition) is 5. The van der Waals surface area contributed by atoms with Gasteiger partial charge >= 0.3 is 0 Å². The van der Waals surface area contributed by atoms with Crippen LogP contribution in [0.1, 0.15) is 0 Å². The predicted molar refractivity (Wildman–Crippen MR) is 83.6 cm³/mol. The molecular formula is C16H16N4O. The first kappa shape index (κ1) is 13.3. The van der Waals surface area contributed by atoms with E-state index in [1.54, 1.807) is 19.5 Å². The van der Waals surface area contributed by atoms with Crippen LogP contribution in [-0.2, 0) is 0 Å². The molecule has 0 spiro atoms. The molecule has 0 amide bonds. The molecule has 0 saturated carbocycles. The summed E-state index contributed by atoms with van der Waals surface area (Å²) in [5.74, 6) is 0.493. The number of ether oxygens (including phenoxy) is 1. The van der Waals surface area contributed by atoms with Gasteiger partial charge in [0.15, 0.2) is 5.52 Å². The molecule has 1 aromatic carbocycles. The van der Waals surface area contributed by atoms with Crippen molar-refractivity contribution in [1.29, 1.82) is 0 Å². The normalized spacial score (nSPS) is 10.6. The quantitative estimate of drug-likeness (QED) is 0.738. The van der Waals surface area contributed by atoms with Crippen LogP contribution in [-0.4, -0.2) is 36.2 Å². The lowest BCUT2D eigenvalue weighted by atomic mass is 10.1. The van der Waals surface area contributed by atoms with E-state index in [4.69, 9.17) is 4.74 Å². The minimum atomic E-state index is 0.493. The molecule has 5 nitrogen and oxygen atoms in total. The minimum Gasteiger partial charge on any atom is -0.479 e. The van der Waals surface area contributed by atoms with Gasteiger partial charge in [-0.25, -0.2) is 9.97 Å². The van der Waals surface area contributed by atoms with Crippen molar-refractivity contribution >= 4 is 16.7 Å². The van der Waals surface area contributed by atoms with Crippen molar-refractivity contribution in [2.75, 3.05) is 26.1 Å². The van der Waals surface area contributed by atoms with E-state index < -0.39 is 0 Å².